The van der Waals surface area contributed by atoms with E-state index < -0.39 is 11.0 Å². The molecule has 184 valence electrons. The molecular weight excluding hydrogens is 456 g/mol. The number of nitro groups is 1. The number of unbranched alkanes of at least 4 members (excludes halogenated alkanes) is 1. The number of non-ortho nitro benzene ring substituents is 1. The molecule has 0 saturated heterocycles. The van der Waals surface area contributed by atoms with Crippen LogP contribution in [0.3, 0.4) is 0 Å². The quantitative estimate of drug-likeness (QED) is 0.235. The zero-order valence-corrected chi connectivity index (χ0v) is 20.3. The van der Waals surface area contributed by atoms with Crippen LogP contribution in [0.15, 0.2) is 83.7 Å². The summed E-state index contributed by atoms with van der Waals surface area (Å²) in [7, 11) is 0. The Morgan fingerprint density at radius 1 is 1.03 bits per heavy atom. The van der Waals surface area contributed by atoms with Gasteiger partial charge in [0.1, 0.15) is 5.82 Å². The number of amides is 1. The van der Waals surface area contributed by atoms with Crippen molar-refractivity contribution < 1.29 is 9.72 Å². The summed E-state index contributed by atoms with van der Waals surface area (Å²) in [5, 5.41) is 11.6. The van der Waals surface area contributed by atoms with E-state index in [1.807, 2.05) is 56.3 Å². The highest BCUT2D eigenvalue weighted by atomic mass is 16.6. The number of fused-ring (bicyclic) bond motifs is 1. The minimum atomic E-state index is -0.514. The lowest BCUT2D eigenvalue weighted by atomic mass is 10.1. The van der Waals surface area contributed by atoms with Gasteiger partial charge in [0.2, 0.25) is 0 Å². The van der Waals surface area contributed by atoms with Gasteiger partial charge in [-0.3, -0.25) is 24.3 Å². The van der Waals surface area contributed by atoms with Crippen LogP contribution in [0, 0.1) is 10.1 Å². The second-order valence-corrected chi connectivity index (χ2v) is 8.70. The molecule has 3 aromatic carbocycles. The Balaban J connectivity index is 1.80. The number of carbonyl (C=O) groups is 1. The molecular formula is C28H28N4O4. The highest BCUT2D eigenvalue weighted by molar-refractivity contribution is 5.94. The molecule has 0 aliphatic heterocycles. The van der Waals surface area contributed by atoms with Crippen molar-refractivity contribution in [1.29, 1.82) is 0 Å². The van der Waals surface area contributed by atoms with Crippen molar-refractivity contribution in [3.63, 3.8) is 0 Å². The molecule has 0 saturated carbocycles. The number of nitrogens with zero attached hydrogens (tertiary/aromatic N) is 4. The predicted octanol–water partition coefficient (Wildman–Crippen LogP) is 5.36. The average Bonchev–Trinajstić information content (AvgIpc) is 2.90. The molecule has 8 nitrogen and oxygen atoms in total. The van der Waals surface area contributed by atoms with E-state index in [-0.39, 0.29) is 17.2 Å². The normalized spacial score (nSPS) is 11.8. The zero-order chi connectivity index (χ0) is 25.7. The van der Waals surface area contributed by atoms with Gasteiger partial charge in [-0.25, -0.2) is 4.98 Å². The maximum absolute atomic E-state index is 13.6. The molecule has 0 aliphatic rings. The number of aromatic nitrogens is 2. The van der Waals surface area contributed by atoms with Gasteiger partial charge in [0.05, 0.1) is 28.4 Å². The van der Waals surface area contributed by atoms with Crippen molar-refractivity contribution in [3.8, 4) is 0 Å². The van der Waals surface area contributed by atoms with Gasteiger partial charge in [0.15, 0.2) is 0 Å². The first-order valence-electron chi connectivity index (χ1n) is 12.0. The minimum Gasteiger partial charge on any atom is -0.329 e. The first kappa shape index (κ1) is 24.8. The van der Waals surface area contributed by atoms with E-state index in [0.29, 0.717) is 35.4 Å². The number of nitro benzene ring substituents is 1. The molecule has 0 fully saturated rings. The first-order valence-corrected chi connectivity index (χ1v) is 12.0. The fourth-order valence-corrected chi connectivity index (χ4v) is 4.25. The van der Waals surface area contributed by atoms with Crippen LogP contribution in [0.4, 0.5) is 5.69 Å². The Kier molecular flexibility index (Phi) is 7.53. The molecule has 0 spiro atoms. The molecule has 1 unspecified atom stereocenters. The van der Waals surface area contributed by atoms with Gasteiger partial charge in [-0.1, -0.05) is 55.8 Å². The molecule has 4 rings (SSSR count). The second-order valence-electron chi connectivity index (χ2n) is 8.70. The van der Waals surface area contributed by atoms with Crippen LogP contribution < -0.4 is 5.56 Å². The summed E-state index contributed by atoms with van der Waals surface area (Å²) in [6, 6.07) is 22.0. The fourth-order valence-electron chi connectivity index (χ4n) is 4.25. The third-order valence-electron chi connectivity index (χ3n) is 6.25. The summed E-state index contributed by atoms with van der Waals surface area (Å²) < 4.78 is 1.64. The van der Waals surface area contributed by atoms with Crippen LogP contribution in [-0.4, -0.2) is 31.8 Å². The number of rotatable bonds is 9. The maximum Gasteiger partial charge on any atom is 0.269 e. The van der Waals surface area contributed by atoms with E-state index in [1.54, 1.807) is 21.6 Å². The molecule has 36 heavy (non-hydrogen) atoms. The zero-order valence-electron chi connectivity index (χ0n) is 20.3. The van der Waals surface area contributed by atoms with Gasteiger partial charge in [-0.2, -0.15) is 0 Å². The standard InChI is InChI=1S/C28H28N4O4/c1-3-4-18-30(27(33)22-14-16-23(17-15-22)32(35)36)20(2)26-29-25-13-9-8-12-24(25)28(34)31(26)19-21-10-6-5-7-11-21/h5-17,20H,3-4,18-19H2,1-2H3. The highest BCUT2D eigenvalue weighted by Crippen LogP contribution is 2.24. The molecule has 1 amide bonds. The molecule has 1 aromatic heterocycles. The lowest BCUT2D eigenvalue weighted by Gasteiger charge is -2.30. The summed E-state index contributed by atoms with van der Waals surface area (Å²) in [5.74, 6) is 0.230. The SMILES string of the molecule is CCCCN(C(=O)c1ccc([N+](=O)[O-])cc1)C(C)c1nc2ccccc2c(=O)n1Cc1ccccc1. The summed E-state index contributed by atoms with van der Waals surface area (Å²) in [4.78, 5) is 44.3. The monoisotopic (exact) mass is 484 g/mol. The third-order valence-corrected chi connectivity index (χ3v) is 6.25. The van der Waals surface area contributed by atoms with Crippen LogP contribution in [0.5, 0.6) is 0 Å². The van der Waals surface area contributed by atoms with Crippen molar-refractivity contribution in [2.75, 3.05) is 6.54 Å². The van der Waals surface area contributed by atoms with Crippen LogP contribution in [0.1, 0.15) is 54.5 Å². The highest BCUT2D eigenvalue weighted by Gasteiger charge is 2.27. The average molecular weight is 485 g/mol. The summed E-state index contributed by atoms with van der Waals surface area (Å²) in [5.41, 5.74) is 1.64. The van der Waals surface area contributed by atoms with Gasteiger partial charge in [-0.05, 0) is 43.2 Å². The number of hydrogen-bond donors (Lipinski definition) is 0. The molecule has 0 radical (unpaired) electrons. The molecule has 0 bridgehead atoms. The Labute approximate surface area is 209 Å². The van der Waals surface area contributed by atoms with E-state index >= 15 is 0 Å². The van der Waals surface area contributed by atoms with Gasteiger partial charge in [0.25, 0.3) is 17.2 Å². The second kappa shape index (κ2) is 10.9. The van der Waals surface area contributed by atoms with E-state index in [9.17, 15) is 19.7 Å². The largest absolute Gasteiger partial charge is 0.329 e. The fraction of sp³-hybridized carbons (Fsp3) is 0.250. The van der Waals surface area contributed by atoms with E-state index in [1.165, 1.54) is 24.3 Å². The Morgan fingerprint density at radius 2 is 1.69 bits per heavy atom. The molecule has 1 heterocycles. The number of carbonyl (C=O) groups excluding carboxylic acids is 1. The Bertz CT molecular complexity index is 1430. The molecule has 4 aromatic rings. The summed E-state index contributed by atoms with van der Waals surface area (Å²) in [6.07, 6.45) is 1.64. The summed E-state index contributed by atoms with van der Waals surface area (Å²) >= 11 is 0. The number of hydrogen-bond acceptors (Lipinski definition) is 5. The van der Waals surface area contributed by atoms with Crippen LogP contribution in [0.25, 0.3) is 10.9 Å². The van der Waals surface area contributed by atoms with E-state index in [0.717, 1.165) is 18.4 Å². The van der Waals surface area contributed by atoms with Crippen LogP contribution in [-0.2, 0) is 6.54 Å². The van der Waals surface area contributed by atoms with Gasteiger partial charge >= 0.3 is 0 Å². The number of para-hydroxylation sites is 1. The number of benzene rings is 3. The van der Waals surface area contributed by atoms with Crippen molar-refractivity contribution in [1.82, 2.24) is 14.5 Å². The molecule has 8 heteroatoms. The molecule has 1 atom stereocenters. The predicted molar refractivity (Wildman–Crippen MR) is 139 cm³/mol. The smallest absolute Gasteiger partial charge is 0.269 e. The third kappa shape index (κ3) is 5.17. The van der Waals surface area contributed by atoms with Crippen molar-refractivity contribution in [2.24, 2.45) is 0 Å². The van der Waals surface area contributed by atoms with Crippen LogP contribution >= 0.6 is 0 Å². The topological polar surface area (TPSA) is 98.3 Å². The van der Waals surface area contributed by atoms with Gasteiger partial charge < -0.3 is 4.90 Å². The minimum absolute atomic E-state index is 0.0763. The van der Waals surface area contributed by atoms with Gasteiger partial charge in [0, 0.05) is 24.2 Å². The lowest BCUT2D eigenvalue weighted by molar-refractivity contribution is -0.384. The molecule has 0 aliphatic carbocycles. The Morgan fingerprint density at radius 3 is 2.36 bits per heavy atom. The van der Waals surface area contributed by atoms with E-state index in [2.05, 4.69) is 0 Å². The van der Waals surface area contributed by atoms with Crippen molar-refractivity contribution >= 4 is 22.5 Å². The van der Waals surface area contributed by atoms with Crippen molar-refractivity contribution in [2.45, 2.75) is 39.3 Å². The molecule has 0 N–H and O–H groups in total. The Hall–Kier alpha value is -4.33. The lowest BCUT2D eigenvalue weighted by Crippen LogP contribution is -2.38. The van der Waals surface area contributed by atoms with Gasteiger partial charge in [-0.15, -0.1) is 0 Å². The maximum atomic E-state index is 13.6. The van der Waals surface area contributed by atoms with Crippen molar-refractivity contribution in [3.05, 3.63) is 116 Å². The van der Waals surface area contributed by atoms with E-state index in [4.69, 9.17) is 4.98 Å². The summed E-state index contributed by atoms with van der Waals surface area (Å²) in [6.45, 7) is 4.70. The first-order chi connectivity index (χ1) is 17.4. The van der Waals surface area contributed by atoms with Crippen LogP contribution in [0.2, 0.25) is 0 Å².